The number of amides is 2. The highest BCUT2D eigenvalue weighted by molar-refractivity contribution is 7.92. The van der Waals surface area contributed by atoms with Crippen LogP contribution in [0.2, 0.25) is 10.0 Å². The Labute approximate surface area is 224 Å². The largest absolute Gasteiger partial charge is 0.354 e. The summed E-state index contributed by atoms with van der Waals surface area (Å²) in [7, 11) is -3.61. The molecule has 198 valence electrons. The number of sulfonamides is 1. The molecular formula is C26H35Cl2N3O4S. The number of carbonyl (C=O) groups is 2. The van der Waals surface area contributed by atoms with Gasteiger partial charge in [-0.25, -0.2) is 8.42 Å². The van der Waals surface area contributed by atoms with Crippen molar-refractivity contribution in [2.75, 3.05) is 23.7 Å². The first-order valence-corrected chi connectivity index (χ1v) is 14.6. The van der Waals surface area contributed by atoms with E-state index in [0.29, 0.717) is 34.3 Å². The smallest absolute Gasteiger partial charge is 0.242 e. The van der Waals surface area contributed by atoms with Crippen LogP contribution < -0.4 is 9.62 Å². The number of anilines is 1. The fraction of sp³-hybridized carbons (Fsp3) is 0.462. The number of nitrogens with zero attached hydrogens (tertiary/aromatic N) is 2. The lowest BCUT2D eigenvalue weighted by molar-refractivity contribution is -0.141. The summed E-state index contributed by atoms with van der Waals surface area (Å²) in [5.41, 5.74) is 1.87. The van der Waals surface area contributed by atoms with E-state index in [2.05, 4.69) is 5.32 Å². The zero-order chi connectivity index (χ0) is 26.9. The maximum absolute atomic E-state index is 13.4. The highest BCUT2D eigenvalue weighted by atomic mass is 35.5. The van der Waals surface area contributed by atoms with Gasteiger partial charge in [-0.3, -0.25) is 13.9 Å². The maximum atomic E-state index is 13.4. The quantitative estimate of drug-likeness (QED) is 0.368. The first-order valence-electron chi connectivity index (χ1n) is 12.0. The number of hydrogen-bond donors (Lipinski definition) is 1. The minimum atomic E-state index is -3.61. The summed E-state index contributed by atoms with van der Waals surface area (Å²) in [6.45, 7) is 6.38. The summed E-state index contributed by atoms with van der Waals surface area (Å²) in [6.07, 6.45) is 2.68. The summed E-state index contributed by atoms with van der Waals surface area (Å²) < 4.78 is 26.4. The van der Waals surface area contributed by atoms with Crippen LogP contribution in [-0.2, 0) is 26.2 Å². The monoisotopic (exact) mass is 555 g/mol. The van der Waals surface area contributed by atoms with Gasteiger partial charge in [0.2, 0.25) is 21.8 Å². The molecule has 2 aromatic carbocycles. The molecule has 1 N–H and O–H groups in total. The number of hydrogen-bond acceptors (Lipinski definition) is 4. The molecule has 2 rings (SSSR count). The summed E-state index contributed by atoms with van der Waals surface area (Å²) in [5, 5.41) is 3.86. The molecule has 0 spiro atoms. The highest BCUT2D eigenvalue weighted by Gasteiger charge is 2.29. The van der Waals surface area contributed by atoms with Crippen LogP contribution in [0.1, 0.15) is 50.7 Å². The third-order valence-electron chi connectivity index (χ3n) is 5.89. The van der Waals surface area contributed by atoms with Gasteiger partial charge in [0.15, 0.2) is 0 Å². The predicted molar refractivity (Wildman–Crippen MR) is 147 cm³/mol. The molecule has 0 aliphatic rings. The van der Waals surface area contributed by atoms with Crippen LogP contribution in [0, 0.1) is 6.92 Å². The molecule has 0 aromatic heterocycles. The Balaban J connectivity index is 2.25. The van der Waals surface area contributed by atoms with E-state index < -0.39 is 16.1 Å². The van der Waals surface area contributed by atoms with Crippen molar-refractivity contribution in [3.63, 3.8) is 0 Å². The zero-order valence-electron chi connectivity index (χ0n) is 21.3. The van der Waals surface area contributed by atoms with Crippen LogP contribution in [0.25, 0.3) is 0 Å². The second-order valence-corrected chi connectivity index (χ2v) is 11.4. The fourth-order valence-electron chi connectivity index (χ4n) is 3.94. The van der Waals surface area contributed by atoms with E-state index in [-0.39, 0.29) is 37.7 Å². The zero-order valence-corrected chi connectivity index (χ0v) is 23.6. The van der Waals surface area contributed by atoms with E-state index in [1.165, 1.54) is 4.31 Å². The third kappa shape index (κ3) is 8.11. The standard InChI is InChI=1S/C26H35Cl2N3O4S/c1-5-16-29-26(33)23(6-2)30(18-20-11-7-8-12-22(20)28)25(32)15-10-17-31(36(4,34)35)24-14-9-13-21(27)19(24)3/h7-9,11-14,23H,5-6,10,15-18H2,1-4H3,(H,29,33)/t23-/m1/s1. The Morgan fingerprint density at radius 2 is 1.69 bits per heavy atom. The summed E-state index contributed by atoms with van der Waals surface area (Å²) in [5.74, 6) is -0.461. The topological polar surface area (TPSA) is 86.8 Å². The van der Waals surface area contributed by atoms with Crippen molar-refractivity contribution in [3.8, 4) is 0 Å². The van der Waals surface area contributed by atoms with Crippen molar-refractivity contribution in [3.05, 3.63) is 63.6 Å². The number of carbonyl (C=O) groups excluding carboxylic acids is 2. The minimum Gasteiger partial charge on any atom is -0.354 e. The average molecular weight is 557 g/mol. The summed E-state index contributed by atoms with van der Waals surface area (Å²) >= 11 is 12.6. The molecule has 10 heteroatoms. The van der Waals surface area contributed by atoms with Gasteiger partial charge in [0, 0.05) is 36.1 Å². The maximum Gasteiger partial charge on any atom is 0.242 e. The van der Waals surface area contributed by atoms with E-state index in [4.69, 9.17) is 23.2 Å². The Morgan fingerprint density at radius 1 is 1.03 bits per heavy atom. The number of nitrogens with one attached hydrogen (secondary N) is 1. The molecule has 0 aliphatic heterocycles. The Morgan fingerprint density at radius 3 is 2.31 bits per heavy atom. The molecule has 0 heterocycles. The molecule has 2 amide bonds. The van der Waals surface area contributed by atoms with Crippen LogP contribution in [0.4, 0.5) is 5.69 Å². The summed E-state index contributed by atoms with van der Waals surface area (Å²) in [6, 6.07) is 11.6. The van der Waals surface area contributed by atoms with Gasteiger partial charge in [0.05, 0.1) is 11.9 Å². The van der Waals surface area contributed by atoms with Crippen LogP contribution >= 0.6 is 23.2 Å². The van der Waals surface area contributed by atoms with Crippen LogP contribution in [0.15, 0.2) is 42.5 Å². The van der Waals surface area contributed by atoms with Gasteiger partial charge in [-0.2, -0.15) is 0 Å². The number of halogens is 2. The Bertz CT molecular complexity index is 1160. The molecule has 0 bridgehead atoms. The second kappa shape index (κ2) is 13.9. The molecule has 0 radical (unpaired) electrons. The number of rotatable bonds is 13. The molecule has 1 atom stereocenters. The highest BCUT2D eigenvalue weighted by Crippen LogP contribution is 2.28. The molecular weight excluding hydrogens is 521 g/mol. The van der Waals surface area contributed by atoms with Gasteiger partial charge in [-0.1, -0.05) is 61.3 Å². The van der Waals surface area contributed by atoms with Gasteiger partial charge in [-0.05, 0) is 55.5 Å². The van der Waals surface area contributed by atoms with Crippen molar-refractivity contribution in [1.29, 1.82) is 0 Å². The lowest BCUT2D eigenvalue weighted by Crippen LogP contribution is -2.49. The molecule has 0 fully saturated rings. The molecule has 7 nitrogen and oxygen atoms in total. The lowest BCUT2D eigenvalue weighted by atomic mass is 10.1. The first-order chi connectivity index (χ1) is 17.0. The average Bonchev–Trinajstić information content (AvgIpc) is 2.82. The normalized spacial score (nSPS) is 12.2. The van der Waals surface area contributed by atoms with E-state index in [1.807, 2.05) is 26.0 Å². The van der Waals surface area contributed by atoms with Crippen molar-refractivity contribution >= 4 is 50.7 Å². The van der Waals surface area contributed by atoms with E-state index in [9.17, 15) is 18.0 Å². The molecule has 0 saturated carbocycles. The molecule has 0 saturated heterocycles. The molecule has 36 heavy (non-hydrogen) atoms. The van der Waals surface area contributed by atoms with Gasteiger partial charge in [0.1, 0.15) is 6.04 Å². The first kappa shape index (κ1) is 29.9. The van der Waals surface area contributed by atoms with Crippen LogP contribution in [0.3, 0.4) is 0 Å². The van der Waals surface area contributed by atoms with Gasteiger partial charge in [-0.15, -0.1) is 0 Å². The van der Waals surface area contributed by atoms with Gasteiger partial charge < -0.3 is 10.2 Å². The van der Waals surface area contributed by atoms with E-state index >= 15 is 0 Å². The van der Waals surface area contributed by atoms with Crippen LogP contribution in [0.5, 0.6) is 0 Å². The summed E-state index contributed by atoms with van der Waals surface area (Å²) in [4.78, 5) is 27.9. The van der Waals surface area contributed by atoms with Crippen molar-refractivity contribution in [2.24, 2.45) is 0 Å². The van der Waals surface area contributed by atoms with Crippen molar-refractivity contribution < 1.29 is 18.0 Å². The Kier molecular flexibility index (Phi) is 11.5. The fourth-order valence-corrected chi connectivity index (χ4v) is 5.33. The number of benzene rings is 2. The minimum absolute atomic E-state index is 0.0631. The lowest BCUT2D eigenvalue weighted by Gasteiger charge is -2.31. The molecule has 0 unspecified atom stereocenters. The van der Waals surface area contributed by atoms with E-state index in [1.54, 1.807) is 42.2 Å². The molecule has 0 aliphatic carbocycles. The van der Waals surface area contributed by atoms with Gasteiger partial charge >= 0.3 is 0 Å². The molecule has 2 aromatic rings. The predicted octanol–water partition coefficient (Wildman–Crippen LogP) is 5.18. The second-order valence-electron chi connectivity index (χ2n) is 8.65. The van der Waals surface area contributed by atoms with Crippen LogP contribution in [-0.4, -0.2) is 50.5 Å². The van der Waals surface area contributed by atoms with Gasteiger partial charge in [0.25, 0.3) is 0 Å². The third-order valence-corrected chi connectivity index (χ3v) is 7.85. The Hall–Kier alpha value is -2.29. The van der Waals surface area contributed by atoms with Crippen molar-refractivity contribution in [2.45, 2.75) is 59.0 Å². The van der Waals surface area contributed by atoms with Crippen molar-refractivity contribution in [1.82, 2.24) is 10.2 Å². The van der Waals surface area contributed by atoms with E-state index in [0.717, 1.165) is 18.2 Å². The SMILES string of the molecule is CCCNC(=O)[C@@H](CC)N(Cc1ccccc1Cl)C(=O)CCCN(c1cccc(Cl)c1C)S(C)(=O)=O.